The van der Waals surface area contributed by atoms with Gasteiger partial charge in [0.25, 0.3) is 15.9 Å². The molecule has 31 heavy (non-hydrogen) atoms. The largest absolute Gasteiger partial charge is 0.452 e. The Kier molecular flexibility index (Phi) is 6.97. The molecule has 1 aliphatic heterocycles. The van der Waals surface area contributed by atoms with Crippen molar-refractivity contribution in [2.75, 3.05) is 31.0 Å². The van der Waals surface area contributed by atoms with Crippen molar-refractivity contribution < 1.29 is 27.5 Å². The fourth-order valence-corrected chi connectivity index (χ4v) is 4.84. The van der Waals surface area contributed by atoms with Gasteiger partial charge in [0, 0.05) is 20.1 Å². The Balaban J connectivity index is 1.75. The van der Waals surface area contributed by atoms with E-state index in [4.69, 9.17) is 9.47 Å². The van der Waals surface area contributed by atoms with Gasteiger partial charge < -0.3 is 14.4 Å². The molecule has 9 heteroatoms. The van der Waals surface area contributed by atoms with Crippen molar-refractivity contribution in [3.8, 4) is 0 Å². The molecule has 2 atom stereocenters. The third kappa shape index (κ3) is 5.23. The van der Waals surface area contributed by atoms with Gasteiger partial charge in [-0.3, -0.25) is 9.10 Å². The van der Waals surface area contributed by atoms with Gasteiger partial charge in [-0.1, -0.05) is 30.3 Å². The third-order valence-corrected chi connectivity index (χ3v) is 6.81. The number of hydrogen-bond donors (Lipinski definition) is 0. The molecule has 1 fully saturated rings. The van der Waals surface area contributed by atoms with Crippen LogP contribution in [0, 0.1) is 0 Å². The fraction of sp³-hybridized carbons (Fsp3) is 0.364. The summed E-state index contributed by atoms with van der Waals surface area (Å²) in [6.07, 6.45) is -0.217. The second-order valence-corrected chi connectivity index (χ2v) is 9.37. The van der Waals surface area contributed by atoms with E-state index < -0.39 is 22.6 Å². The Bertz CT molecular complexity index is 1030. The second kappa shape index (κ2) is 9.49. The highest BCUT2D eigenvalue weighted by Gasteiger charge is 2.29. The van der Waals surface area contributed by atoms with Gasteiger partial charge in [-0.25, -0.2) is 13.2 Å². The first-order valence-corrected chi connectivity index (χ1v) is 11.4. The van der Waals surface area contributed by atoms with Gasteiger partial charge in [0.2, 0.25) is 0 Å². The molecule has 1 aliphatic rings. The quantitative estimate of drug-likeness (QED) is 0.632. The van der Waals surface area contributed by atoms with Crippen LogP contribution in [0.4, 0.5) is 5.69 Å². The maximum Gasteiger partial charge on any atom is 0.340 e. The van der Waals surface area contributed by atoms with Crippen LogP contribution in [0.3, 0.4) is 0 Å². The number of amides is 1. The van der Waals surface area contributed by atoms with Crippen molar-refractivity contribution in [3.05, 3.63) is 60.2 Å². The van der Waals surface area contributed by atoms with E-state index in [1.807, 2.05) is 13.8 Å². The minimum Gasteiger partial charge on any atom is -0.452 e. The highest BCUT2D eigenvalue weighted by atomic mass is 32.2. The van der Waals surface area contributed by atoms with Gasteiger partial charge in [0.1, 0.15) is 4.90 Å². The summed E-state index contributed by atoms with van der Waals surface area (Å²) in [5, 5.41) is 0. The minimum atomic E-state index is -4.02. The summed E-state index contributed by atoms with van der Waals surface area (Å²) >= 11 is 0. The van der Waals surface area contributed by atoms with Crippen LogP contribution in [-0.2, 0) is 24.3 Å². The molecule has 0 aliphatic carbocycles. The first-order chi connectivity index (χ1) is 14.7. The molecule has 2 unspecified atom stereocenters. The first kappa shape index (κ1) is 22.8. The van der Waals surface area contributed by atoms with Crippen LogP contribution in [0.15, 0.2) is 59.5 Å². The Morgan fingerprint density at radius 2 is 1.61 bits per heavy atom. The second-order valence-electron chi connectivity index (χ2n) is 7.44. The lowest BCUT2D eigenvalue weighted by molar-refractivity contribution is -0.146. The summed E-state index contributed by atoms with van der Waals surface area (Å²) in [4.78, 5) is 26.5. The predicted octanol–water partition coefficient (Wildman–Crippen LogP) is 2.30. The topological polar surface area (TPSA) is 93.2 Å². The Morgan fingerprint density at radius 3 is 2.26 bits per heavy atom. The number of rotatable bonds is 6. The number of esters is 1. The lowest BCUT2D eigenvalue weighted by Crippen LogP contribution is -2.49. The molecule has 0 saturated carbocycles. The molecule has 8 nitrogen and oxygen atoms in total. The number of hydrogen-bond acceptors (Lipinski definition) is 6. The fourth-order valence-electron chi connectivity index (χ4n) is 3.46. The maximum absolute atomic E-state index is 13.1. The molecule has 1 heterocycles. The first-order valence-electron chi connectivity index (χ1n) is 9.93. The summed E-state index contributed by atoms with van der Waals surface area (Å²) in [5.41, 5.74) is 0.332. The van der Waals surface area contributed by atoms with Crippen molar-refractivity contribution in [1.29, 1.82) is 0 Å². The molecule has 3 rings (SSSR count). The molecule has 0 radical (unpaired) electrons. The zero-order valence-corrected chi connectivity index (χ0v) is 18.5. The van der Waals surface area contributed by atoms with Crippen LogP contribution in [0.1, 0.15) is 24.2 Å². The van der Waals surface area contributed by atoms with E-state index in [-0.39, 0.29) is 28.6 Å². The Labute approximate surface area is 182 Å². The van der Waals surface area contributed by atoms with Crippen LogP contribution in [0.25, 0.3) is 0 Å². The molecule has 1 amide bonds. The van der Waals surface area contributed by atoms with Gasteiger partial charge in [-0.15, -0.1) is 0 Å². The highest BCUT2D eigenvalue weighted by molar-refractivity contribution is 7.92. The summed E-state index contributed by atoms with van der Waals surface area (Å²) < 4.78 is 38.2. The SMILES string of the molecule is CC1CN(C(=O)COC(=O)c2ccccc2S(=O)(=O)N(C)c2ccccc2)CC(C)O1. The van der Waals surface area contributed by atoms with Gasteiger partial charge in [-0.2, -0.15) is 0 Å². The molecule has 0 N–H and O–H groups in total. The van der Waals surface area contributed by atoms with Crippen molar-refractivity contribution in [2.45, 2.75) is 31.0 Å². The van der Waals surface area contributed by atoms with E-state index in [0.717, 1.165) is 4.31 Å². The number of benzene rings is 2. The number of ether oxygens (including phenoxy) is 2. The van der Waals surface area contributed by atoms with Gasteiger partial charge >= 0.3 is 5.97 Å². The van der Waals surface area contributed by atoms with Crippen molar-refractivity contribution in [1.82, 2.24) is 4.90 Å². The van der Waals surface area contributed by atoms with E-state index in [9.17, 15) is 18.0 Å². The number of carbonyl (C=O) groups is 2. The molecule has 166 valence electrons. The third-order valence-electron chi connectivity index (χ3n) is 4.96. The van der Waals surface area contributed by atoms with E-state index in [1.54, 1.807) is 41.3 Å². The summed E-state index contributed by atoms with van der Waals surface area (Å²) in [6.45, 7) is 4.08. The number of anilines is 1. The Morgan fingerprint density at radius 1 is 1.03 bits per heavy atom. The van der Waals surface area contributed by atoms with Crippen LogP contribution in [0.5, 0.6) is 0 Å². The molecule has 0 spiro atoms. The average molecular weight is 447 g/mol. The average Bonchev–Trinajstić information content (AvgIpc) is 2.76. The normalized spacial score (nSPS) is 19.0. The number of morpholine rings is 1. The van der Waals surface area contributed by atoms with Crippen LogP contribution < -0.4 is 4.31 Å². The van der Waals surface area contributed by atoms with E-state index in [2.05, 4.69) is 0 Å². The zero-order valence-electron chi connectivity index (χ0n) is 17.7. The summed E-state index contributed by atoms with van der Waals surface area (Å²) in [6, 6.07) is 14.3. The van der Waals surface area contributed by atoms with Crippen LogP contribution in [-0.4, -0.2) is 64.1 Å². The number of nitrogens with zero attached hydrogens (tertiary/aromatic N) is 2. The number of para-hydroxylation sites is 1. The molecule has 1 saturated heterocycles. The lowest BCUT2D eigenvalue weighted by atomic mass is 10.2. The van der Waals surface area contributed by atoms with Crippen LogP contribution >= 0.6 is 0 Å². The smallest absolute Gasteiger partial charge is 0.340 e. The van der Waals surface area contributed by atoms with Gasteiger partial charge in [-0.05, 0) is 38.1 Å². The molecule has 0 aromatic heterocycles. The monoisotopic (exact) mass is 446 g/mol. The van der Waals surface area contributed by atoms with E-state index in [1.165, 1.54) is 25.2 Å². The van der Waals surface area contributed by atoms with Crippen molar-refractivity contribution >= 4 is 27.6 Å². The number of sulfonamides is 1. The minimum absolute atomic E-state index is 0.109. The lowest BCUT2D eigenvalue weighted by Gasteiger charge is -2.35. The Hall–Kier alpha value is -2.91. The molecule has 2 aromatic carbocycles. The van der Waals surface area contributed by atoms with Crippen molar-refractivity contribution in [2.24, 2.45) is 0 Å². The van der Waals surface area contributed by atoms with Crippen molar-refractivity contribution in [3.63, 3.8) is 0 Å². The van der Waals surface area contributed by atoms with E-state index >= 15 is 0 Å². The molecular weight excluding hydrogens is 420 g/mol. The van der Waals surface area contributed by atoms with Gasteiger partial charge in [0.15, 0.2) is 6.61 Å². The van der Waals surface area contributed by atoms with Gasteiger partial charge in [0.05, 0.1) is 23.5 Å². The standard InChI is InChI=1S/C22H26N2O6S/c1-16-13-24(14-17(2)30-16)21(25)15-29-22(26)19-11-7-8-12-20(19)31(27,28)23(3)18-9-5-4-6-10-18/h4-12,16-17H,13-15H2,1-3H3. The highest BCUT2D eigenvalue weighted by Crippen LogP contribution is 2.25. The summed E-state index contributed by atoms with van der Waals surface area (Å²) in [5.74, 6) is -1.22. The molecule has 2 aromatic rings. The molecule has 0 bridgehead atoms. The zero-order chi connectivity index (χ0) is 22.6. The number of carbonyl (C=O) groups excluding carboxylic acids is 2. The maximum atomic E-state index is 13.1. The van der Waals surface area contributed by atoms with Crippen LogP contribution in [0.2, 0.25) is 0 Å². The predicted molar refractivity (Wildman–Crippen MR) is 115 cm³/mol. The molecular formula is C22H26N2O6S. The summed E-state index contributed by atoms with van der Waals surface area (Å²) in [7, 11) is -2.61. The van der Waals surface area contributed by atoms with E-state index in [0.29, 0.717) is 18.8 Å².